The quantitative estimate of drug-likeness (QED) is 0.612. The number of thiophene rings is 1. The first-order valence-corrected chi connectivity index (χ1v) is 11.8. The number of nitrogens with zero attached hydrogens (tertiary/aromatic N) is 3. The molecule has 4 rings (SSSR count). The third kappa shape index (κ3) is 4.29. The van der Waals surface area contributed by atoms with Crippen molar-refractivity contribution in [3.63, 3.8) is 0 Å². The van der Waals surface area contributed by atoms with Crippen LogP contribution in [-0.2, 0) is 24.2 Å². The Hall–Kier alpha value is -2.71. The zero-order valence-electron chi connectivity index (χ0n) is 19.3. The molecule has 2 atom stereocenters. The lowest BCUT2D eigenvalue weighted by Gasteiger charge is -2.21. The summed E-state index contributed by atoms with van der Waals surface area (Å²) in [7, 11) is 5.47. The first-order chi connectivity index (χ1) is 15.3. The van der Waals surface area contributed by atoms with Crippen molar-refractivity contribution in [3.05, 3.63) is 50.9 Å². The lowest BCUT2D eigenvalue weighted by molar-refractivity contribution is -0.119. The fraction of sp³-hybridized carbons (Fsp3) is 0.458. The van der Waals surface area contributed by atoms with E-state index < -0.39 is 6.04 Å². The van der Waals surface area contributed by atoms with E-state index in [1.54, 1.807) is 54.2 Å². The Labute approximate surface area is 192 Å². The predicted molar refractivity (Wildman–Crippen MR) is 129 cm³/mol. The first kappa shape index (κ1) is 22.5. The Balaban J connectivity index is 1.75. The molecule has 1 aliphatic rings. The summed E-state index contributed by atoms with van der Waals surface area (Å²) in [5.41, 5.74) is 1.67. The smallest absolute Gasteiger partial charge is 0.263 e. The molecule has 0 saturated carbocycles. The van der Waals surface area contributed by atoms with Crippen molar-refractivity contribution >= 4 is 33.1 Å². The Kier molecular flexibility index (Phi) is 6.35. The largest absolute Gasteiger partial charge is 0.497 e. The molecule has 1 amide bonds. The van der Waals surface area contributed by atoms with Crippen molar-refractivity contribution < 1.29 is 9.53 Å². The highest BCUT2D eigenvalue weighted by molar-refractivity contribution is 7.18. The summed E-state index contributed by atoms with van der Waals surface area (Å²) in [5, 5.41) is 3.61. The minimum absolute atomic E-state index is 0.115. The topological polar surface area (TPSA) is 76.5 Å². The van der Waals surface area contributed by atoms with Crippen LogP contribution in [0.5, 0.6) is 5.75 Å². The number of ether oxygens (including phenoxy) is 1. The van der Waals surface area contributed by atoms with Gasteiger partial charge in [0.1, 0.15) is 22.4 Å². The summed E-state index contributed by atoms with van der Waals surface area (Å²) in [4.78, 5) is 35.8. The summed E-state index contributed by atoms with van der Waals surface area (Å²) in [6.45, 7) is 4.49. The van der Waals surface area contributed by atoms with Crippen LogP contribution in [-0.4, -0.2) is 41.6 Å². The second-order valence-electron chi connectivity index (χ2n) is 8.87. The number of benzene rings is 1. The van der Waals surface area contributed by atoms with Gasteiger partial charge in [-0.25, -0.2) is 4.98 Å². The molecule has 1 N–H and O–H groups in total. The molecule has 0 radical (unpaired) electrons. The normalized spacial score (nSPS) is 16.8. The van der Waals surface area contributed by atoms with Crippen LogP contribution in [0.2, 0.25) is 0 Å². The first-order valence-electron chi connectivity index (χ1n) is 10.9. The number of anilines is 1. The lowest BCUT2D eigenvalue weighted by atomic mass is 9.89. The molecule has 1 aromatic carbocycles. The number of amides is 1. The number of fused-ring (bicyclic) bond motifs is 3. The highest BCUT2D eigenvalue weighted by Gasteiger charge is 2.27. The van der Waals surface area contributed by atoms with Gasteiger partial charge in [-0.1, -0.05) is 6.92 Å². The van der Waals surface area contributed by atoms with E-state index in [1.807, 2.05) is 19.0 Å². The average Bonchev–Trinajstić information content (AvgIpc) is 3.11. The van der Waals surface area contributed by atoms with Gasteiger partial charge in [-0.3, -0.25) is 14.2 Å². The van der Waals surface area contributed by atoms with E-state index >= 15 is 0 Å². The van der Waals surface area contributed by atoms with E-state index in [4.69, 9.17) is 9.72 Å². The zero-order valence-corrected chi connectivity index (χ0v) is 20.1. The van der Waals surface area contributed by atoms with Crippen molar-refractivity contribution in [2.75, 3.05) is 26.5 Å². The summed E-state index contributed by atoms with van der Waals surface area (Å²) in [5.74, 6) is 1.69. The Morgan fingerprint density at radius 1 is 1.34 bits per heavy atom. The summed E-state index contributed by atoms with van der Waals surface area (Å²) < 4.78 is 6.75. The molecule has 32 heavy (non-hydrogen) atoms. The van der Waals surface area contributed by atoms with Gasteiger partial charge in [0.2, 0.25) is 5.91 Å². The van der Waals surface area contributed by atoms with E-state index in [0.29, 0.717) is 35.1 Å². The third-order valence-corrected chi connectivity index (χ3v) is 7.16. The van der Waals surface area contributed by atoms with Crippen LogP contribution in [0.1, 0.15) is 42.6 Å². The van der Waals surface area contributed by atoms with Crippen molar-refractivity contribution in [1.29, 1.82) is 0 Å². The maximum atomic E-state index is 13.7. The van der Waals surface area contributed by atoms with Crippen LogP contribution in [0.3, 0.4) is 0 Å². The highest BCUT2D eigenvalue weighted by Crippen LogP contribution is 2.36. The number of carbonyl (C=O) groups is 1. The Morgan fingerprint density at radius 3 is 2.72 bits per heavy atom. The zero-order chi connectivity index (χ0) is 23.0. The van der Waals surface area contributed by atoms with Crippen molar-refractivity contribution in [3.8, 4) is 5.75 Å². The molecule has 0 bridgehead atoms. The van der Waals surface area contributed by atoms with Crippen LogP contribution >= 0.6 is 11.3 Å². The van der Waals surface area contributed by atoms with Crippen molar-refractivity contribution in [1.82, 2.24) is 14.5 Å². The molecule has 1 aliphatic carbocycles. The summed E-state index contributed by atoms with van der Waals surface area (Å²) in [6.07, 6.45) is 2.96. The summed E-state index contributed by atoms with van der Waals surface area (Å²) in [6, 6.07) is 6.44. The second-order valence-corrected chi connectivity index (χ2v) is 9.95. The molecule has 0 fully saturated rings. The number of methoxy groups -OCH3 is 1. The SMILES string of the molecule is COc1ccc(NC(=O)C(C)n2c(CN(C)C)nc3sc4c(c3c2=O)CCC(C)C4)cc1. The third-order valence-electron chi connectivity index (χ3n) is 6.02. The van der Waals surface area contributed by atoms with Crippen LogP contribution in [0.25, 0.3) is 10.2 Å². The molecule has 0 saturated heterocycles. The van der Waals surface area contributed by atoms with Crippen LogP contribution < -0.4 is 15.6 Å². The van der Waals surface area contributed by atoms with Crippen molar-refractivity contribution in [2.24, 2.45) is 5.92 Å². The van der Waals surface area contributed by atoms with E-state index in [1.165, 1.54) is 4.88 Å². The second kappa shape index (κ2) is 9.03. The predicted octanol–water partition coefficient (Wildman–Crippen LogP) is 3.85. The maximum Gasteiger partial charge on any atom is 0.263 e. The molecule has 2 heterocycles. The monoisotopic (exact) mass is 454 g/mol. The van der Waals surface area contributed by atoms with Crippen LogP contribution in [0.15, 0.2) is 29.1 Å². The molecule has 0 aliphatic heterocycles. The Morgan fingerprint density at radius 2 is 2.06 bits per heavy atom. The number of hydrogen-bond donors (Lipinski definition) is 1. The van der Waals surface area contributed by atoms with Gasteiger partial charge in [0, 0.05) is 10.6 Å². The highest BCUT2D eigenvalue weighted by atomic mass is 32.1. The van der Waals surface area contributed by atoms with E-state index in [0.717, 1.165) is 29.7 Å². The number of rotatable bonds is 6. The van der Waals surface area contributed by atoms with Crippen LogP contribution in [0, 0.1) is 5.92 Å². The fourth-order valence-electron chi connectivity index (χ4n) is 4.28. The molecule has 2 unspecified atom stereocenters. The standard InChI is InChI=1S/C24H30N4O3S/c1-14-6-11-18-19(12-14)32-23-21(18)24(30)28(20(26-23)13-27(3)4)15(2)22(29)25-16-7-9-17(31-5)10-8-16/h7-10,14-15H,6,11-13H2,1-5H3,(H,25,29). The van der Waals surface area contributed by atoms with Gasteiger partial charge >= 0.3 is 0 Å². The lowest BCUT2D eigenvalue weighted by Crippen LogP contribution is -2.36. The van der Waals surface area contributed by atoms with Gasteiger partial charge in [-0.05, 0) is 76.0 Å². The van der Waals surface area contributed by atoms with Gasteiger partial charge < -0.3 is 15.0 Å². The molecule has 2 aromatic heterocycles. The van der Waals surface area contributed by atoms with E-state index in [2.05, 4.69) is 12.2 Å². The average molecular weight is 455 g/mol. The number of aromatic nitrogens is 2. The molecule has 0 spiro atoms. The van der Waals surface area contributed by atoms with Gasteiger partial charge in [0.25, 0.3) is 5.56 Å². The number of carbonyl (C=O) groups excluding carboxylic acids is 1. The molecule has 3 aromatic rings. The number of hydrogen-bond acceptors (Lipinski definition) is 6. The van der Waals surface area contributed by atoms with Crippen molar-refractivity contribution in [2.45, 2.75) is 45.7 Å². The van der Waals surface area contributed by atoms with Gasteiger partial charge in [0.15, 0.2) is 0 Å². The minimum atomic E-state index is -0.700. The van der Waals surface area contributed by atoms with E-state index in [-0.39, 0.29) is 11.5 Å². The molecular formula is C24H30N4O3S. The maximum absolute atomic E-state index is 13.7. The van der Waals surface area contributed by atoms with Crippen LogP contribution in [0.4, 0.5) is 5.69 Å². The van der Waals surface area contributed by atoms with Gasteiger partial charge in [0.05, 0.1) is 19.0 Å². The molecule has 8 heteroatoms. The van der Waals surface area contributed by atoms with Gasteiger partial charge in [-0.2, -0.15) is 0 Å². The molecule has 170 valence electrons. The van der Waals surface area contributed by atoms with Gasteiger partial charge in [-0.15, -0.1) is 11.3 Å². The fourth-order valence-corrected chi connectivity index (χ4v) is 5.67. The minimum Gasteiger partial charge on any atom is -0.497 e. The number of aryl methyl sites for hydroxylation is 1. The number of nitrogens with one attached hydrogen (secondary N) is 1. The Bertz CT molecular complexity index is 1200. The molecular weight excluding hydrogens is 424 g/mol. The molecule has 7 nitrogen and oxygen atoms in total. The van der Waals surface area contributed by atoms with E-state index in [9.17, 15) is 9.59 Å². The summed E-state index contributed by atoms with van der Waals surface area (Å²) >= 11 is 1.64.